The molecule has 2 atom stereocenters. The summed E-state index contributed by atoms with van der Waals surface area (Å²) in [5.74, 6) is 0.572. The average Bonchev–Trinajstić information content (AvgIpc) is 3.43. The Bertz CT molecular complexity index is 1200. The number of benzene rings is 2. The van der Waals surface area contributed by atoms with Crippen LogP contribution in [0, 0.1) is 0 Å². The molecule has 5 rings (SSSR count). The molecular weight excluding hydrogens is 461 g/mol. The second-order valence-electron chi connectivity index (χ2n) is 7.77. The molecule has 3 heterocycles. The maximum Gasteiger partial charge on any atom is 0.410 e. The lowest BCUT2D eigenvalue weighted by atomic mass is 9.96. The first-order chi connectivity index (χ1) is 15.8. The van der Waals surface area contributed by atoms with Gasteiger partial charge in [0.25, 0.3) is 5.91 Å². The summed E-state index contributed by atoms with van der Waals surface area (Å²) >= 11 is 5.85. The third-order valence-corrected chi connectivity index (χ3v) is 5.84. The quantitative estimate of drug-likeness (QED) is 0.560. The van der Waals surface area contributed by atoms with E-state index in [0.29, 0.717) is 22.1 Å². The number of carbonyl (C=O) groups is 1. The predicted octanol–water partition coefficient (Wildman–Crippen LogP) is 4.86. The average molecular weight is 479 g/mol. The first kappa shape index (κ1) is 21.4. The van der Waals surface area contributed by atoms with Crippen LogP contribution in [-0.2, 0) is 6.54 Å². The lowest BCUT2D eigenvalue weighted by Crippen LogP contribution is -2.35. The Labute approximate surface area is 191 Å². The van der Waals surface area contributed by atoms with Crippen LogP contribution >= 0.6 is 11.6 Å². The van der Waals surface area contributed by atoms with Crippen LogP contribution in [0.3, 0.4) is 0 Å². The molecule has 1 amide bonds. The molecule has 0 saturated heterocycles. The summed E-state index contributed by atoms with van der Waals surface area (Å²) in [6.45, 7) is 0.261. The van der Waals surface area contributed by atoms with E-state index >= 15 is 0 Å². The molecule has 0 fully saturated rings. The topological polar surface area (TPSA) is 77.4 Å². The Morgan fingerprint density at radius 1 is 1.15 bits per heavy atom. The number of hydrogen-bond acceptors (Lipinski definition) is 5. The largest absolute Gasteiger partial charge is 0.454 e. The summed E-state index contributed by atoms with van der Waals surface area (Å²) < 4.78 is 53.1. The summed E-state index contributed by atoms with van der Waals surface area (Å²) in [7, 11) is 0. The van der Waals surface area contributed by atoms with Gasteiger partial charge in [-0.1, -0.05) is 29.8 Å². The van der Waals surface area contributed by atoms with Crippen molar-refractivity contribution in [3.05, 3.63) is 70.4 Å². The molecule has 0 aliphatic carbocycles. The first-order valence-corrected chi connectivity index (χ1v) is 10.5. The van der Waals surface area contributed by atoms with Gasteiger partial charge in [-0.3, -0.25) is 4.79 Å². The van der Waals surface area contributed by atoms with Gasteiger partial charge >= 0.3 is 6.18 Å². The van der Waals surface area contributed by atoms with Gasteiger partial charge in [-0.05, 0) is 35.4 Å². The van der Waals surface area contributed by atoms with Crippen molar-refractivity contribution >= 4 is 23.3 Å². The highest BCUT2D eigenvalue weighted by molar-refractivity contribution is 6.30. The molecule has 0 bridgehead atoms. The summed E-state index contributed by atoms with van der Waals surface area (Å²) in [4.78, 5) is 12.6. The van der Waals surface area contributed by atoms with Gasteiger partial charge in [-0.25, -0.2) is 4.68 Å². The van der Waals surface area contributed by atoms with Crippen LogP contribution in [-0.4, -0.2) is 28.7 Å². The van der Waals surface area contributed by atoms with Crippen molar-refractivity contribution < 1.29 is 27.4 Å². The smallest absolute Gasteiger partial charge is 0.410 e. The van der Waals surface area contributed by atoms with E-state index < -0.39 is 24.2 Å². The number of fused-ring (bicyclic) bond motifs is 2. The molecule has 0 saturated carbocycles. The molecule has 11 heteroatoms. The number of ether oxygens (including phenoxy) is 2. The van der Waals surface area contributed by atoms with Gasteiger partial charge in [0.2, 0.25) is 6.79 Å². The highest BCUT2D eigenvalue weighted by Crippen LogP contribution is 2.45. The van der Waals surface area contributed by atoms with E-state index in [9.17, 15) is 18.0 Å². The van der Waals surface area contributed by atoms with Gasteiger partial charge in [0.05, 0.1) is 6.04 Å². The molecule has 2 N–H and O–H groups in total. The third kappa shape index (κ3) is 4.30. The van der Waals surface area contributed by atoms with Crippen LogP contribution in [0.4, 0.5) is 19.0 Å². The standard InChI is InChI=1S/C22H18ClF3N4O3/c23-14-4-1-12(2-5-14)10-27-21(31)16-9-20-28-15(8-19(22(24,25)26)30(20)29-16)13-3-6-17-18(7-13)33-11-32-17/h1-7,9,15,19,28H,8,10-11H2,(H,27,31)/t15-,19-/m0/s1. The molecule has 33 heavy (non-hydrogen) atoms. The van der Waals surface area contributed by atoms with Crippen LogP contribution in [0.1, 0.15) is 40.1 Å². The Morgan fingerprint density at radius 3 is 2.67 bits per heavy atom. The fourth-order valence-electron chi connectivity index (χ4n) is 3.91. The van der Waals surface area contributed by atoms with Gasteiger partial charge in [0, 0.05) is 24.1 Å². The number of nitrogens with zero attached hydrogens (tertiary/aromatic N) is 2. The van der Waals surface area contributed by atoms with Crippen molar-refractivity contribution in [2.75, 3.05) is 12.1 Å². The minimum atomic E-state index is -4.55. The van der Waals surface area contributed by atoms with Gasteiger partial charge in [0.1, 0.15) is 5.82 Å². The first-order valence-electron chi connectivity index (χ1n) is 10.1. The Morgan fingerprint density at radius 2 is 1.91 bits per heavy atom. The zero-order valence-corrected chi connectivity index (χ0v) is 17.8. The number of amides is 1. The zero-order chi connectivity index (χ0) is 23.2. The number of hydrogen-bond donors (Lipinski definition) is 2. The van der Waals surface area contributed by atoms with E-state index in [1.807, 2.05) is 0 Å². The summed E-state index contributed by atoms with van der Waals surface area (Å²) in [5, 5.41) is 10.3. The van der Waals surface area contributed by atoms with E-state index in [2.05, 4.69) is 15.7 Å². The van der Waals surface area contributed by atoms with Gasteiger partial charge in [-0.15, -0.1) is 0 Å². The van der Waals surface area contributed by atoms with Gasteiger partial charge in [0.15, 0.2) is 23.2 Å². The Hall–Kier alpha value is -3.40. The summed E-state index contributed by atoms with van der Waals surface area (Å²) in [5.41, 5.74) is 1.31. The minimum absolute atomic E-state index is 0.0727. The van der Waals surface area contributed by atoms with Crippen molar-refractivity contribution in [3.8, 4) is 11.5 Å². The number of alkyl halides is 3. The van der Waals surface area contributed by atoms with E-state index in [1.54, 1.807) is 42.5 Å². The zero-order valence-electron chi connectivity index (χ0n) is 17.0. The lowest BCUT2D eigenvalue weighted by molar-refractivity contribution is -0.173. The van der Waals surface area contributed by atoms with E-state index in [4.69, 9.17) is 21.1 Å². The van der Waals surface area contributed by atoms with Crippen molar-refractivity contribution in [2.24, 2.45) is 0 Å². The Kier molecular flexibility index (Phi) is 5.32. The number of carbonyl (C=O) groups excluding carboxylic acids is 1. The minimum Gasteiger partial charge on any atom is -0.454 e. The lowest BCUT2D eigenvalue weighted by Gasteiger charge is -2.33. The van der Waals surface area contributed by atoms with E-state index in [-0.39, 0.29) is 31.3 Å². The molecule has 0 spiro atoms. The van der Waals surface area contributed by atoms with Crippen LogP contribution in [0.5, 0.6) is 11.5 Å². The molecule has 172 valence electrons. The molecule has 0 unspecified atom stereocenters. The molecule has 1 aromatic heterocycles. The van der Waals surface area contributed by atoms with Crippen molar-refractivity contribution in [1.29, 1.82) is 0 Å². The number of nitrogens with one attached hydrogen (secondary N) is 2. The fourth-order valence-corrected chi connectivity index (χ4v) is 4.03. The normalized spacial score (nSPS) is 19.0. The SMILES string of the molecule is O=C(NCc1ccc(Cl)cc1)c1cc2n(n1)[C@H](C(F)(F)F)C[C@@H](c1ccc3c(c1)OCO3)N2. The van der Waals surface area contributed by atoms with E-state index in [1.165, 1.54) is 6.07 Å². The fraction of sp³-hybridized carbons (Fsp3) is 0.273. The molecule has 2 aliphatic heterocycles. The molecular formula is C22H18ClF3N4O3. The highest BCUT2D eigenvalue weighted by atomic mass is 35.5. The molecule has 3 aromatic rings. The number of aromatic nitrogens is 2. The maximum atomic E-state index is 13.9. The number of anilines is 1. The second-order valence-corrected chi connectivity index (χ2v) is 8.21. The van der Waals surface area contributed by atoms with Gasteiger partial charge < -0.3 is 20.1 Å². The second kappa shape index (κ2) is 8.18. The van der Waals surface area contributed by atoms with Crippen LogP contribution in [0.2, 0.25) is 5.02 Å². The Balaban J connectivity index is 1.38. The van der Waals surface area contributed by atoms with Crippen LogP contribution < -0.4 is 20.1 Å². The van der Waals surface area contributed by atoms with Crippen LogP contribution in [0.25, 0.3) is 0 Å². The monoisotopic (exact) mass is 478 g/mol. The molecule has 7 nitrogen and oxygen atoms in total. The van der Waals surface area contributed by atoms with Gasteiger partial charge in [-0.2, -0.15) is 18.3 Å². The molecule has 2 aromatic carbocycles. The third-order valence-electron chi connectivity index (χ3n) is 5.59. The summed E-state index contributed by atoms with van der Waals surface area (Å²) in [6.07, 6.45) is -4.84. The van der Waals surface area contributed by atoms with E-state index in [0.717, 1.165) is 10.2 Å². The van der Waals surface area contributed by atoms with Crippen molar-refractivity contribution in [2.45, 2.75) is 31.2 Å². The molecule has 0 radical (unpaired) electrons. The predicted molar refractivity (Wildman–Crippen MR) is 113 cm³/mol. The highest BCUT2D eigenvalue weighted by Gasteiger charge is 2.47. The summed E-state index contributed by atoms with van der Waals surface area (Å²) in [6, 6.07) is 10.7. The van der Waals surface area contributed by atoms with Crippen molar-refractivity contribution in [1.82, 2.24) is 15.1 Å². The number of rotatable bonds is 4. The number of halogens is 4. The maximum absolute atomic E-state index is 13.9. The van der Waals surface area contributed by atoms with Crippen LogP contribution in [0.15, 0.2) is 48.5 Å². The van der Waals surface area contributed by atoms with Crippen molar-refractivity contribution in [3.63, 3.8) is 0 Å². The molecule has 2 aliphatic rings.